The van der Waals surface area contributed by atoms with Crippen LogP contribution in [0.3, 0.4) is 0 Å². The number of aromatic nitrogens is 2. The highest BCUT2D eigenvalue weighted by Gasteiger charge is 2.17. The molecule has 1 amide bonds. The van der Waals surface area contributed by atoms with Gasteiger partial charge in [0.05, 0.1) is 17.5 Å². The molecular weight excluding hydrogens is 287 g/mol. The summed E-state index contributed by atoms with van der Waals surface area (Å²) in [5.74, 6) is -0.870. The standard InChI is InChI=1S/C15H9FN4O2/c16-11-4-3-10(6-9(11)8-17)20-13(14-2-1-5-22-14)7-12(19-20)15(18)21/h1-7H,(H2,18,21). The van der Waals surface area contributed by atoms with Crippen LogP contribution in [0.2, 0.25) is 0 Å². The number of primary amides is 1. The van der Waals surface area contributed by atoms with E-state index in [9.17, 15) is 9.18 Å². The lowest BCUT2D eigenvalue weighted by molar-refractivity contribution is 0.0995. The number of hydrogen-bond donors (Lipinski definition) is 1. The van der Waals surface area contributed by atoms with Gasteiger partial charge in [-0.25, -0.2) is 9.07 Å². The summed E-state index contributed by atoms with van der Waals surface area (Å²) in [5, 5.41) is 13.0. The Kier molecular flexibility index (Phi) is 3.20. The molecule has 0 atom stereocenters. The molecular formula is C15H9FN4O2. The number of halogens is 1. The first-order valence-corrected chi connectivity index (χ1v) is 6.24. The smallest absolute Gasteiger partial charge is 0.269 e. The molecule has 0 aliphatic carbocycles. The van der Waals surface area contributed by atoms with E-state index in [0.717, 1.165) is 6.07 Å². The molecule has 0 fully saturated rings. The molecule has 0 unspecified atom stereocenters. The van der Waals surface area contributed by atoms with Gasteiger partial charge >= 0.3 is 0 Å². The maximum atomic E-state index is 13.4. The fourth-order valence-corrected chi connectivity index (χ4v) is 2.03. The van der Waals surface area contributed by atoms with Crippen LogP contribution in [0, 0.1) is 17.1 Å². The minimum Gasteiger partial charge on any atom is -0.463 e. The van der Waals surface area contributed by atoms with Crippen LogP contribution in [0.15, 0.2) is 47.1 Å². The van der Waals surface area contributed by atoms with Crippen molar-refractivity contribution in [2.75, 3.05) is 0 Å². The molecule has 3 rings (SSSR count). The Morgan fingerprint density at radius 3 is 2.82 bits per heavy atom. The average molecular weight is 296 g/mol. The largest absolute Gasteiger partial charge is 0.463 e. The lowest BCUT2D eigenvalue weighted by Crippen LogP contribution is -2.12. The fourth-order valence-electron chi connectivity index (χ4n) is 2.03. The van der Waals surface area contributed by atoms with E-state index in [1.165, 1.54) is 29.1 Å². The van der Waals surface area contributed by atoms with E-state index < -0.39 is 11.7 Å². The second-order valence-electron chi connectivity index (χ2n) is 4.44. The minimum absolute atomic E-state index is 0.0363. The van der Waals surface area contributed by atoms with Crippen molar-refractivity contribution in [3.05, 3.63) is 59.7 Å². The molecule has 2 heterocycles. The van der Waals surface area contributed by atoms with Gasteiger partial charge in [0.2, 0.25) is 0 Å². The van der Waals surface area contributed by atoms with Crippen LogP contribution in [0.4, 0.5) is 4.39 Å². The summed E-state index contributed by atoms with van der Waals surface area (Å²) < 4.78 is 20.1. The summed E-state index contributed by atoms with van der Waals surface area (Å²) in [6, 6.07) is 10.5. The van der Waals surface area contributed by atoms with E-state index in [0.29, 0.717) is 17.1 Å². The molecule has 0 saturated carbocycles. The molecule has 0 saturated heterocycles. The van der Waals surface area contributed by atoms with Crippen molar-refractivity contribution >= 4 is 5.91 Å². The van der Waals surface area contributed by atoms with E-state index in [1.54, 1.807) is 18.2 Å². The Morgan fingerprint density at radius 1 is 1.36 bits per heavy atom. The third-order valence-corrected chi connectivity index (χ3v) is 3.05. The van der Waals surface area contributed by atoms with Crippen LogP contribution >= 0.6 is 0 Å². The maximum absolute atomic E-state index is 13.4. The number of benzene rings is 1. The second kappa shape index (κ2) is 5.18. The van der Waals surface area contributed by atoms with Gasteiger partial charge in [-0.1, -0.05) is 0 Å². The minimum atomic E-state index is -0.700. The number of nitrogens with two attached hydrogens (primary N) is 1. The van der Waals surface area contributed by atoms with Gasteiger partial charge in [0, 0.05) is 6.07 Å². The van der Waals surface area contributed by atoms with Crippen LogP contribution in [0.1, 0.15) is 16.1 Å². The van der Waals surface area contributed by atoms with Gasteiger partial charge in [-0.3, -0.25) is 4.79 Å². The first kappa shape index (κ1) is 13.6. The molecule has 0 aliphatic heterocycles. The Balaban J connectivity index is 2.22. The summed E-state index contributed by atoms with van der Waals surface area (Å²) >= 11 is 0. The van der Waals surface area contributed by atoms with Gasteiger partial charge < -0.3 is 10.2 Å². The first-order valence-electron chi connectivity index (χ1n) is 6.24. The molecule has 0 bridgehead atoms. The highest BCUT2D eigenvalue weighted by Crippen LogP contribution is 2.25. The zero-order chi connectivity index (χ0) is 15.7. The summed E-state index contributed by atoms with van der Waals surface area (Å²) in [4.78, 5) is 11.3. The molecule has 1 aromatic carbocycles. The summed E-state index contributed by atoms with van der Waals surface area (Å²) in [6.45, 7) is 0. The van der Waals surface area contributed by atoms with Crippen molar-refractivity contribution < 1.29 is 13.6 Å². The highest BCUT2D eigenvalue weighted by molar-refractivity contribution is 5.92. The number of carbonyl (C=O) groups is 1. The van der Waals surface area contributed by atoms with Crippen molar-refractivity contribution in [1.29, 1.82) is 5.26 Å². The van der Waals surface area contributed by atoms with Crippen LogP contribution < -0.4 is 5.73 Å². The molecule has 2 N–H and O–H groups in total. The molecule has 7 heteroatoms. The SMILES string of the molecule is N#Cc1cc(-n2nc(C(N)=O)cc2-c2ccco2)ccc1F. The van der Waals surface area contributed by atoms with Gasteiger partial charge in [0.25, 0.3) is 5.91 Å². The quantitative estimate of drug-likeness (QED) is 0.801. The van der Waals surface area contributed by atoms with Crippen LogP contribution in [-0.4, -0.2) is 15.7 Å². The van der Waals surface area contributed by atoms with Crippen molar-refractivity contribution in [2.45, 2.75) is 0 Å². The summed E-state index contributed by atoms with van der Waals surface area (Å²) in [5.41, 5.74) is 6.04. The number of nitrogens with zero attached hydrogens (tertiary/aromatic N) is 3. The van der Waals surface area contributed by atoms with Crippen LogP contribution in [0.5, 0.6) is 0 Å². The number of amides is 1. The predicted molar refractivity (Wildman–Crippen MR) is 74.5 cm³/mol. The van der Waals surface area contributed by atoms with E-state index in [-0.39, 0.29) is 11.3 Å². The average Bonchev–Trinajstić information content (AvgIpc) is 3.16. The predicted octanol–water partition coefficient (Wildman–Crippen LogP) is 2.24. The Labute approximate surface area is 124 Å². The van der Waals surface area contributed by atoms with E-state index >= 15 is 0 Å². The third-order valence-electron chi connectivity index (χ3n) is 3.05. The fraction of sp³-hybridized carbons (Fsp3) is 0. The van der Waals surface area contributed by atoms with Gasteiger partial charge in [0.1, 0.15) is 17.6 Å². The van der Waals surface area contributed by atoms with Gasteiger partial charge in [0.15, 0.2) is 11.5 Å². The molecule has 0 spiro atoms. The Morgan fingerprint density at radius 2 is 2.18 bits per heavy atom. The van der Waals surface area contributed by atoms with Gasteiger partial charge in [-0.2, -0.15) is 10.4 Å². The van der Waals surface area contributed by atoms with Crippen LogP contribution in [-0.2, 0) is 0 Å². The number of nitriles is 1. The van der Waals surface area contributed by atoms with Crippen molar-refractivity contribution in [3.63, 3.8) is 0 Å². The monoisotopic (exact) mass is 296 g/mol. The lowest BCUT2D eigenvalue weighted by atomic mass is 10.2. The molecule has 2 aromatic heterocycles. The molecule has 6 nitrogen and oxygen atoms in total. The van der Waals surface area contributed by atoms with Gasteiger partial charge in [-0.15, -0.1) is 0 Å². The second-order valence-corrected chi connectivity index (χ2v) is 4.44. The topological polar surface area (TPSA) is 97.8 Å². The van der Waals surface area contributed by atoms with Crippen LogP contribution in [0.25, 0.3) is 17.1 Å². The molecule has 0 aliphatic rings. The highest BCUT2D eigenvalue weighted by atomic mass is 19.1. The maximum Gasteiger partial charge on any atom is 0.269 e. The van der Waals surface area contributed by atoms with Crippen molar-refractivity contribution in [3.8, 4) is 23.2 Å². The Hall–Kier alpha value is -3.40. The lowest BCUT2D eigenvalue weighted by Gasteiger charge is -2.06. The molecule has 3 aromatic rings. The Bertz CT molecular complexity index is 891. The molecule has 0 radical (unpaired) electrons. The number of rotatable bonds is 3. The normalized spacial score (nSPS) is 10.4. The number of furan rings is 1. The van der Waals surface area contributed by atoms with Gasteiger partial charge in [-0.05, 0) is 30.3 Å². The van der Waals surface area contributed by atoms with Crippen molar-refractivity contribution in [2.24, 2.45) is 5.73 Å². The first-order chi connectivity index (χ1) is 10.6. The zero-order valence-corrected chi connectivity index (χ0v) is 11.2. The third kappa shape index (κ3) is 2.23. The van der Waals surface area contributed by atoms with E-state index in [2.05, 4.69) is 5.10 Å². The van der Waals surface area contributed by atoms with E-state index in [1.807, 2.05) is 0 Å². The van der Waals surface area contributed by atoms with E-state index in [4.69, 9.17) is 15.4 Å². The molecule has 22 heavy (non-hydrogen) atoms. The number of carbonyl (C=O) groups excluding carboxylic acids is 1. The summed E-state index contributed by atoms with van der Waals surface area (Å²) in [6.07, 6.45) is 1.47. The molecule has 108 valence electrons. The zero-order valence-electron chi connectivity index (χ0n) is 11.2. The number of hydrogen-bond acceptors (Lipinski definition) is 4. The summed E-state index contributed by atoms with van der Waals surface area (Å²) in [7, 11) is 0. The van der Waals surface area contributed by atoms with Crippen molar-refractivity contribution in [1.82, 2.24) is 9.78 Å².